The molecule has 0 saturated carbocycles. The monoisotopic (exact) mass is 387 g/mol. The van der Waals surface area contributed by atoms with Gasteiger partial charge in [0.25, 0.3) is 0 Å². The summed E-state index contributed by atoms with van der Waals surface area (Å²) in [6.07, 6.45) is 8.01. The molecule has 2 aromatic carbocycles. The molecule has 0 N–H and O–H groups in total. The first-order valence-corrected chi connectivity index (χ1v) is 11.2. The van der Waals surface area contributed by atoms with Gasteiger partial charge < -0.3 is 9.22 Å². The number of piperidine rings is 1. The first-order valence-electron chi connectivity index (χ1n) is 11.2. The van der Waals surface area contributed by atoms with Crippen molar-refractivity contribution in [2.45, 2.75) is 69.2 Å². The molecule has 2 fully saturated rings. The summed E-state index contributed by atoms with van der Waals surface area (Å²) in [5.41, 5.74) is 5.58. The predicted molar refractivity (Wildman–Crippen MR) is 114 cm³/mol. The standard InChI is InChI=1S/C26H31N2O/c1-28(16-6-15-27)21-13-14-22(28)18-23(17-21)29-26-24-9-4-2-7-19(24)11-12-20-8-3-5-10-25(20)26/h2-5,7-10,21-23,26H,6,11-14,16-18H2,1H3/q+1/t21-,22+,23?,28?. The molecule has 5 rings (SSSR count). The minimum Gasteiger partial charge on any atom is -0.365 e. The lowest BCUT2D eigenvalue weighted by Crippen LogP contribution is -2.59. The number of aryl methyl sites for hydroxylation is 2. The van der Waals surface area contributed by atoms with Gasteiger partial charge in [-0.25, -0.2) is 0 Å². The van der Waals surface area contributed by atoms with Crippen molar-refractivity contribution < 1.29 is 9.22 Å². The summed E-state index contributed by atoms with van der Waals surface area (Å²) in [4.78, 5) is 0. The van der Waals surface area contributed by atoms with E-state index in [9.17, 15) is 0 Å². The molecule has 2 saturated heterocycles. The molecule has 0 aromatic heterocycles. The normalized spacial score (nSPS) is 30.8. The molecule has 2 heterocycles. The van der Waals surface area contributed by atoms with E-state index in [0.29, 0.717) is 24.6 Å². The van der Waals surface area contributed by atoms with Crippen LogP contribution in [0.25, 0.3) is 0 Å². The number of hydrogen-bond acceptors (Lipinski definition) is 2. The van der Waals surface area contributed by atoms with Crippen LogP contribution in [0.4, 0.5) is 0 Å². The van der Waals surface area contributed by atoms with Crippen LogP contribution >= 0.6 is 0 Å². The van der Waals surface area contributed by atoms with E-state index >= 15 is 0 Å². The van der Waals surface area contributed by atoms with Crippen molar-refractivity contribution in [1.82, 2.24) is 0 Å². The summed E-state index contributed by atoms with van der Waals surface area (Å²) in [7, 11) is 2.38. The summed E-state index contributed by atoms with van der Waals surface area (Å²) in [6, 6.07) is 21.4. The predicted octanol–water partition coefficient (Wildman–Crippen LogP) is 4.94. The van der Waals surface area contributed by atoms with Crippen molar-refractivity contribution in [3.8, 4) is 6.07 Å². The lowest BCUT2D eigenvalue weighted by Gasteiger charge is -2.47. The van der Waals surface area contributed by atoms with Gasteiger partial charge in [0.15, 0.2) is 0 Å². The summed E-state index contributed by atoms with van der Waals surface area (Å²) >= 11 is 0. The average Bonchev–Trinajstić information content (AvgIpc) is 2.92. The van der Waals surface area contributed by atoms with Crippen LogP contribution in [0.5, 0.6) is 0 Å². The molecule has 3 nitrogen and oxygen atoms in total. The molecule has 29 heavy (non-hydrogen) atoms. The Labute approximate surface area is 174 Å². The Hall–Kier alpha value is -2.15. The topological polar surface area (TPSA) is 33.0 Å². The van der Waals surface area contributed by atoms with Crippen LogP contribution in [0.2, 0.25) is 0 Å². The third-order valence-electron chi connectivity index (χ3n) is 7.94. The summed E-state index contributed by atoms with van der Waals surface area (Å²) < 4.78 is 8.06. The van der Waals surface area contributed by atoms with Crippen molar-refractivity contribution >= 4 is 0 Å². The van der Waals surface area contributed by atoms with Gasteiger partial charge in [0.05, 0.1) is 44.3 Å². The van der Waals surface area contributed by atoms with Crippen LogP contribution in [0.3, 0.4) is 0 Å². The van der Waals surface area contributed by atoms with Crippen molar-refractivity contribution in [2.24, 2.45) is 0 Å². The van der Waals surface area contributed by atoms with Crippen LogP contribution in [0, 0.1) is 11.3 Å². The van der Waals surface area contributed by atoms with Gasteiger partial charge in [-0.05, 0) is 35.1 Å². The highest BCUT2D eigenvalue weighted by Gasteiger charge is 2.51. The van der Waals surface area contributed by atoms with Gasteiger partial charge in [-0.2, -0.15) is 5.26 Å². The number of hydrogen-bond donors (Lipinski definition) is 0. The van der Waals surface area contributed by atoms with Gasteiger partial charge in [-0.15, -0.1) is 0 Å². The summed E-state index contributed by atoms with van der Waals surface area (Å²) in [5, 5.41) is 9.10. The number of quaternary nitrogens is 1. The second-order valence-corrected chi connectivity index (χ2v) is 9.37. The maximum atomic E-state index is 9.10. The molecule has 1 aliphatic carbocycles. The minimum atomic E-state index is 0.0465. The van der Waals surface area contributed by atoms with E-state index in [1.54, 1.807) is 0 Å². The molecular formula is C26H31N2O+. The maximum Gasteiger partial charge on any atom is 0.108 e. The third kappa shape index (κ3) is 3.29. The number of nitriles is 1. The Kier molecular flexibility index (Phi) is 4.94. The zero-order valence-corrected chi connectivity index (χ0v) is 17.4. The third-order valence-corrected chi connectivity index (χ3v) is 7.94. The molecule has 150 valence electrons. The molecule has 4 atom stereocenters. The minimum absolute atomic E-state index is 0.0465. The first kappa shape index (κ1) is 18.9. The molecule has 0 amide bonds. The van der Waals surface area contributed by atoms with Gasteiger partial charge in [-0.3, -0.25) is 0 Å². The number of rotatable bonds is 4. The molecule has 2 bridgehead atoms. The smallest absolute Gasteiger partial charge is 0.108 e. The zero-order valence-electron chi connectivity index (χ0n) is 17.4. The molecule has 0 spiro atoms. The van der Waals surface area contributed by atoms with Crippen LogP contribution in [0.1, 0.15) is 60.5 Å². The second-order valence-electron chi connectivity index (χ2n) is 9.37. The van der Waals surface area contributed by atoms with E-state index in [1.165, 1.54) is 35.1 Å². The van der Waals surface area contributed by atoms with E-state index in [0.717, 1.165) is 36.7 Å². The maximum absolute atomic E-state index is 9.10. The van der Waals surface area contributed by atoms with E-state index in [-0.39, 0.29) is 6.10 Å². The Morgan fingerprint density at radius 3 is 2.03 bits per heavy atom. The lowest BCUT2D eigenvalue weighted by atomic mass is 9.93. The Morgan fingerprint density at radius 2 is 1.48 bits per heavy atom. The van der Waals surface area contributed by atoms with Crippen molar-refractivity contribution in [1.29, 1.82) is 5.26 Å². The fourth-order valence-electron chi connectivity index (χ4n) is 6.27. The molecule has 3 heteroatoms. The summed E-state index contributed by atoms with van der Waals surface area (Å²) in [5.74, 6) is 0. The Bertz CT molecular complexity index is 869. The molecule has 0 radical (unpaired) electrons. The van der Waals surface area contributed by atoms with Gasteiger partial charge in [0.2, 0.25) is 0 Å². The number of benzene rings is 2. The molecule has 2 aromatic rings. The molecule has 2 unspecified atom stereocenters. The number of ether oxygens (including phenoxy) is 1. The van der Waals surface area contributed by atoms with Crippen molar-refractivity contribution in [3.63, 3.8) is 0 Å². The quantitative estimate of drug-likeness (QED) is 0.696. The van der Waals surface area contributed by atoms with E-state index in [4.69, 9.17) is 10.00 Å². The summed E-state index contributed by atoms with van der Waals surface area (Å²) in [6.45, 7) is 0.994. The Balaban J connectivity index is 1.42. The highest BCUT2D eigenvalue weighted by Crippen LogP contribution is 2.45. The van der Waals surface area contributed by atoms with Crippen LogP contribution in [-0.4, -0.2) is 36.3 Å². The van der Waals surface area contributed by atoms with Crippen LogP contribution < -0.4 is 0 Å². The largest absolute Gasteiger partial charge is 0.365 e. The average molecular weight is 388 g/mol. The Morgan fingerprint density at radius 1 is 0.931 bits per heavy atom. The van der Waals surface area contributed by atoms with Crippen LogP contribution in [-0.2, 0) is 17.6 Å². The first-order chi connectivity index (χ1) is 14.2. The number of fused-ring (bicyclic) bond motifs is 4. The highest BCUT2D eigenvalue weighted by atomic mass is 16.5. The van der Waals surface area contributed by atoms with Gasteiger partial charge in [0.1, 0.15) is 6.10 Å². The van der Waals surface area contributed by atoms with Crippen LogP contribution in [0.15, 0.2) is 48.5 Å². The van der Waals surface area contributed by atoms with Gasteiger partial charge in [-0.1, -0.05) is 48.5 Å². The lowest BCUT2D eigenvalue weighted by molar-refractivity contribution is -0.949. The van der Waals surface area contributed by atoms with Gasteiger partial charge >= 0.3 is 0 Å². The van der Waals surface area contributed by atoms with Crippen molar-refractivity contribution in [3.05, 3.63) is 70.8 Å². The molecular weight excluding hydrogens is 356 g/mol. The molecule has 2 aliphatic heterocycles. The van der Waals surface area contributed by atoms with E-state index < -0.39 is 0 Å². The zero-order chi connectivity index (χ0) is 19.8. The van der Waals surface area contributed by atoms with Crippen molar-refractivity contribution in [2.75, 3.05) is 13.6 Å². The SMILES string of the molecule is C[N+]1(CCC#N)[C@@H]2CC[C@H]1CC(OC1c3ccccc3CCc3ccccc31)C2. The van der Waals surface area contributed by atoms with Gasteiger partial charge in [0, 0.05) is 25.7 Å². The van der Waals surface area contributed by atoms with E-state index in [2.05, 4.69) is 61.6 Å². The molecule has 3 aliphatic rings. The fraction of sp³-hybridized carbons (Fsp3) is 0.500. The second kappa shape index (κ2) is 7.59. The fourth-order valence-corrected chi connectivity index (χ4v) is 6.27. The highest BCUT2D eigenvalue weighted by molar-refractivity contribution is 5.43. The van der Waals surface area contributed by atoms with E-state index in [1.807, 2.05) is 0 Å². The number of nitrogens with zero attached hydrogens (tertiary/aromatic N) is 2.